The van der Waals surface area contributed by atoms with Crippen LogP contribution in [0.3, 0.4) is 0 Å². The second-order valence-electron chi connectivity index (χ2n) is 5.54. The van der Waals surface area contributed by atoms with E-state index in [1.54, 1.807) is 0 Å². The van der Waals surface area contributed by atoms with Crippen molar-refractivity contribution in [2.24, 2.45) is 0 Å². The summed E-state index contributed by atoms with van der Waals surface area (Å²) in [5, 5.41) is 7.15. The lowest BCUT2D eigenvalue weighted by Crippen LogP contribution is -2.40. The van der Waals surface area contributed by atoms with Gasteiger partial charge in [0.25, 0.3) is 0 Å². The molecule has 0 radical (unpaired) electrons. The number of nitrogens with one attached hydrogen (secondary N) is 1. The number of hydrogen-bond acceptors (Lipinski definition) is 3. The van der Waals surface area contributed by atoms with Crippen molar-refractivity contribution < 1.29 is 0 Å². The van der Waals surface area contributed by atoms with Gasteiger partial charge in [-0.15, -0.1) is 0 Å². The first-order valence-corrected chi connectivity index (χ1v) is 6.30. The zero-order valence-electron chi connectivity index (χ0n) is 11.1. The van der Waals surface area contributed by atoms with Gasteiger partial charge in [-0.3, -0.25) is 5.10 Å². The van der Waals surface area contributed by atoms with Crippen LogP contribution in [-0.2, 0) is 13.0 Å². The fourth-order valence-electron chi connectivity index (χ4n) is 2.71. The summed E-state index contributed by atoms with van der Waals surface area (Å²) >= 11 is 0. The van der Waals surface area contributed by atoms with Crippen LogP contribution in [0.25, 0.3) is 0 Å². The number of anilines is 1. The Labute approximate surface area is 107 Å². The zero-order chi connectivity index (χ0) is 12.8. The number of hydrogen-bond donors (Lipinski definition) is 1. The van der Waals surface area contributed by atoms with Crippen molar-refractivity contribution in [3.05, 3.63) is 41.5 Å². The van der Waals surface area contributed by atoms with Crippen LogP contribution in [0.2, 0.25) is 0 Å². The van der Waals surface area contributed by atoms with Crippen molar-refractivity contribution in [1.82, 2.24) is 15.2 Å². The Morgan fingerprint density at radius 2 is 2.11 bits per heavy atom. The number of nitrogens with zero attached hydrogens (tertiary/aromatic N) is 3. The van der Waals surface area contributed by atoms with E-state index in [9.17, 15) is 0 Å². The maximum atomic E-state index is 4.40. The molecule has 2 heterocycles. The number of fused-ring (bicyclic) bond motifs is 1. The average molecular weight is 242 g/mol. The van der Waals surface area contributed by atoms with Crippen molar-refractivity contribution in [1.29, 1.82) is 0 Å². The highest BCUT2D eigenvalue weighted by atomic mass is 15.3. The van der Waals surface area contributed by atoms with Gasteiger partial charge < -0.3 is 4.90 Å². The highest BCUT2D eigenvalue weighted by Crippen LogP contribution is 2.38. The van der Waals surface area contributed by atoms with Gasteiger partial charge in [-0.2, -0.15) is 5.10 Å². The molecule has 1 N–H and O–H groups in total. The second kappa shape index (κ2) is 3.83. The predicted molar refractivity (Wildman–Crippen MR) is 71.5 cm³/mol. The van der Waals surface area contributed by atoms with Gasteiger partial charge >= 0.3 is 0 Å². The van der Waals surface area contributed by atoms with E-state index in [1.807, 2.05) is 6.92 Å². The molecule has 1 aliphatic heterocycles. The number of aryl methyl sites for hydroxylation is 1. The van der Waals surface area contributed by atoms with Gasteiger partial charge in [0.15, 0.2) is 5.82 Å². The van der Waals surface area contributed by atoms with E-state index in [2.05, 4.69) is 58.2 Å². The van der Waals surface area contributed by atoms with Gasteiger partial charge in [0.05, 0.1) is 6.54 Å². The third-order valence-electron chi connectivity index (χ3n) is 3.58. The summed E-state index contributed by atoms with van der Waals surface area (Å²) in [6.07, 6.45) is 1.08. The van der Waals surface area contributed by atoms with Crippen LogP contribution in [0.1, 0.15) is 31.1 Å². The Balaban J connectivity index is 1.95. The summed E-state index contributed by atoms with van der Waals surface area (Å²) < 4.78 is 0. The third kappa shape index (κ3) is 1.78. The average Bonchev–Trinajstić information content (AvgIpc) is 2.82. The van der Waals surface area contributed by atoms with Crippen molar-refractivity contribution in [2.45, 2.75) is 39.3 Å². The summed E-state index contributed by atoms with van der Waals surface area (Å²) in [5.41, 5.74) is 2.85. The molecule has 4 nitrogen and oxygen atoms in total. The number of H-pyrrole nitrogens is 1. The van der Waals surface area contributed by atoms with Gasteiger partial charge in [0.1, 0.15) is 5.82 Å². The van der Waals surface area contributed by atoms with Crippen LogP contribution in [-0.4, -0.2) is 20.7 Å². The smallest absolute Gasteiger partial charge is 0.169 e. The molecule has 0 saturated heterocycles. The van der Waals surface area contributed by atoms with Gasteiger partial charge in [0, 0.05) is 11.2 Å². The van der Waals surface area contributed by atoms with Crippen molar-refractivity contribution >= 4 is 5.69 Å². The monoisotopic (exact) mass is 242 g/mol. The van der Waals surface area contributed by atoms with E-state index in [4.69, 9.17) is 0 Å². The molecule has 18 heavy (non-hydrogen) atoms. The summed E-state index contributed by atoms with van der Waals surface area (Å²) in [4.78, 5) is 6.80. The van der Waals surface area contributed by atoms with Crippen LogP contribution in [0, 0.1) is 6.92 Å². The molecule has 94 valence electrons. The second-order valence-corrected chi connectivity index (χ2v) is 5.54. The SMILES string of the molecule is Cc1nc(CN2c3ccccc3CC2(C)C)n[nH]1. The van der Waals surface area contributed by atoms with Crippen LogP contribution in [0.5, 0.6) is 0 Å². The minimum Gasteiger partial charge on any atom is -0.358 e. The van der Waals surface area contributed by atoms with E-state index in [1.165, 1.54) is 11.3 Å². The molecule has 2 aromatic rings. The Bertz CT molecular complexity index is 571. The Hall–Kier alpha value is -1.84. The fourth-order valence-corrected chi connectivity index (χ4v) is 2.71. The molecule has 0 fully saturated rings. The molecule has 0 aliphatic carbocycles. The van der Waals surface area contributed by atoms with Crippen molar-refractivity contribution in [3.8, 4) is 0 Å². The Kier molecular flexibility index (Phi) is 2.40. The molecule has 0 spiro atoms. The molecule has 1 aliphatic rings. The highest BCUT2D eigenvalue weighted by Gasteiger charge is 2.35. The van der Waals surface area contributed by atoms with E-state index >= 15 is 0 Å². The molecule has 0 saturated carbocycles. The molecule has 0 unspecified atom stereocenters. The Morgan fingerprint density at radius 1 is 1.33 bits per heavy atom. The number of benzene rings is 1. The molecule has 0 amide bonds. The molecular weight excluding hydrogens is 224 g/mol. The zero-order valence-corrected chi connectivity index (χ0v) is 11.1. The van der Waals surface area contributed by atoms with E-state index in [0.29, 0.717) is 0 Å². The van der Waals surface area contributed by atoms with Gasteiger partial charge in [-0.05, 0) is 38.8 Å². The standard InChI is InChI=1S/C14H18N4/c1-10-15-13(17-16-10)9-18-12-7-5-4-6-11(12)8-14(18,2)3/h4-7H,8-9H2,1-3H3,(H,15,16,17). The topological polar surface area (TPSA) is 44.8 Å². The maximum Gasteiger partial charge on any atom is 0.169 e. The number of rotatable bonds is 2. The lowest BCUT2D eigenvalue weighted by Gasteiger charge is -2.33. The molecule has 0 bridgehead atoms. The summed E-state index contributed by atoms with van der Waals surface area (Å²) in [6, 6.07) is 8.59. The van der Waals surface area contributed by atoms with Crippen molar-refractivity contribution in [2.75, 3.05) is 4.90 Å². The molecule has 4 heteroatoms. The number of para-hydroxylation sites is 1. The minimum atomic E-state index is 0.123. The van der Waals surface area contributed by atoms with Gasteiger partial charge in [-0.1, -0.05) is 18.2 Å². The molecule has 3 rings (SSSR count). The van der Waals surface area contributed by atoms with Crippen molar-refractivity contribution in [3.63, 3.8) is 0 Å². The van der Waals surface area contributed by atoms with Crippen LogP contribution >= 0.6 is 0 Å². The van der Waals surface area contributed by atoms with E-state index in [-0.39, 0.29) is 5.54 Å². The Morgan fingerprint density at radius 3 is 2.83 bits per heavy atom. The van der Waals surface area contributed by atoms with Gasteiger partial charge in [-0.25, -0.2) is 4.98 Å². The molecule has 0 atom stereocenters. The van der Waals surface area contributed by atoms with Crippen LogP contribution < -0.4 is 4.90 Å². The van der Waals surface area contributed by atoms with E-state index in [0.717, 1.165) is 24.6 Å². The third-order valence-corrected chi connectivity index (χ3v) is 3.58. The first-order valence-electron chi connectivity index (χ1n) is 6.30. The first kappa shape index (κ1) is 11.3. The fraction of sp³-hybridized carbons (Fsp3) is 0.429. The summed E-state index contributed by atoms with van der Waals surface area (Å²) in [7, 11) is 0. The molecule has 1 aromatic heterocycles. The summed E-state index contributed by atoms with van der Waals surface area (Å²) in [6.45, 7) is 7.23. The van der Waals surface area contributed by atoms with E-state index < -0.39 is 0 Å². The van der Waals surface area contributed by atoms with Gasteiger partial charge in [0.2, 0.25) is 0 Å². The lowest BCUT2D eigenvalue weighted by molar-refractivity contribution is 0.479. The first-order chi connectivity index (χ1) is 8.56. The predicted octanol–water partition coefficient (Wildman–Crippen LogP) is 2.45. The quantitative estimate of drug-likeness (QED) is 0.879. The largest absolute Gasteiger partial charge is 0.358 e. The lowest BCUT2D eigenvalue weighted by atomic mass is 9.99. The van der Waals surface area contributed by atoms with Crippen LogP contribution in [0.15, 0.2) is 24.3 Å². The molecule has 1 aromatic carbocycles. The highest BCUT2D eigenvalue weighted by molar-refractivity contribution is 5.61. The maximum absolute atomic E-state index is 4.40. The van der Waals surface area contributed by atoms with Crippen LogP contribution in [0.4, 0.5) is 5.69 Å². The molecular formula is C14H18N4. The number of aromatic nitrogens is 3. The normalized spacial score (nSPS) is 16.9. The minimum absolute atomic E-state index is 0.123. The summed E-state index contributed by atoms with van der Waals surface area (Å²) in [5.74, 6) is 1.73. The number of aromatic amines is 1.